The van der Waals surface area contributed by atoms with Gasteiger partial charge in [-0.25, -0.2) is 4.79 Å². The maximum Gasteiger partial charge on any atom is 0.328 e. The molecule has 3 aliphatic carbocycles. The number of aromatic nitrogens is 1. The average Bonchev–Trinajstić information content (AvgIpc) is 3.36. The van der Waals surface area contributed by atoms with Crippen molar-refractivity contribution in [1.29, 1.82) is 0 Å². The van der Waals surface area contributed by atoms with Gasteiger partial charge in [-0.2, -0.15) is 0 Å². The third-order valence-corrected chi connectivity index (χ3v) is 8.73. The minimum atomic E-state index is -0.926. The number of rotatable bonds is 4. The highest BCUT2D eigenvalue weighted by atomic mass is 16.4. The van der Waals surface area contributed by atoms with Crippen molar-refractivity contribution in [2.75, 3.05) is 0 Å². The molecule has 172 valence electrons. The summed E-state index contributed by atoms with van der Waals surface area (Å²) in [5.41, 5.74) is 10.7. The summed E-state index contributed by atoms with van der Waals surface area (Å²) in [5, 5.41) is 9.00. The van der Waals surface area contributed by atoms with Crippen LogP contribution in [-0.4, -0.2) is 16.1 Å². The van der Waals surface area contributed by atoms with Crippen LogP contribution in [0.25, 0.3) is 11.1 Å². The molecule has 33 heavy (non-hydrogen) atoms. The molecular weight excluding hydrogens is 406 g/mol. The molecule has 0 spiro atoms. The molecule has 5 rings (SSSR count). The van der Waals surface area contributed by atoms with Crippen molar-refractivity contribution in [2.24, 2.45) is 5.92 Å². The summed E-state index contributed by atoms with van der Waals surface area (Å²) in [6.45, 7) is 13.7. The van der Waals surface area contributed by atoms with Gasteiger partial charge >= 0.3 is 5.97 Å². The smallest absolute Gasteiger partial charge is 0.328 e. The van der Waals surface area contributed by atoms with Gasteiger partial charge in [-0.15, -0.1) is 0 Å². The Labute approximate surface area is 197 Å². The number of hydrogen-bond acceptors (Lipinski definition) is 2. The fourth-order valence-corrected chi connectivity index (χ4v) is 6.39. The van der Waals surface area contributed by atoms with Crippen LogP contribution in [0.1, 0.15) is 93.8 Å². The predicted molar refractivity (Wildman–Crippen MR) is 134 cm³/mol. The molecule has 1 aromatic carbocycles. The molecule has 0 aliphatic heterocycles. The van der Waals surface area contributed by atoms with Crippen molar-refractivity contribution in [3.8, 4) is 0 Å². The molecule has 3 heteroatoms. The van der Waals surface area contributed by atoms with Gasteiger partial charge in [-0.05, 0) is 101 Å². The summed E-state index contributed by atoms with van der Waals surface area (Å²) in [4.78, 5) is 15.7. The first kappa shape index (κ1) is 22.1. The summed E-state index contributed by atoms with van der Waals surface area (Å²) in [6, 6.07) is 9.12. The lowest BCUT2D eigenvalue weighted by atomic mass is 9.62. The molecule has 1 fully saturated rings. The number of nitrogens with zero attached hydrogens (tertiary/aromatic N) is 1. The molecule has 3 aliphatic rings. The SMILES string of the molecule is CC(=CC(=O)O)c1ccc(C2=CCC3(c4cc5c(cc4C)C(C)(C)CCC5(C)C)CC23)nc1. The largest absolute Gasteiger partial charge is 0.478 e. The standard InChI is InChI=1S/C30H35NO2/c1-18(14-27(32)33)20-7-8-26(31-17-20)21-9-10-30(16-25(21)30)22-15-24-23(13-19(22)2)28(3,4)11-12-29(24,5)6/h7-9,13-15,17,25H,10-12,16H2,1-6H3,(H,32,33). The Morgan fingerprint density at radius 3 is 2.30 bits per heavy atom. The molecule has 0 bridgehead atoms. The molecule has 1 saturated carbocycles. The second-order valence-electron chi connectivity index (χ2n) is 11.9. The van der Waals surface area contributed by atoms with Crippen LogP contribution in [0, 0.1) is 12.8 Å². The van der Waals surface area contributed by atoms with E-state index in [1.54, 1.807) is 16.7 Å². The van der Waals surface area contributed by atoms with Crippen molar-refractivity contribution >= 4 is 17.1 Å². The van der Waals surface area contributed by atoms with Gasteiger partial charge in [-0.3, -0.25) is 4.98 Å². The third kappa shape index (κ3) is 3.48. The summed E-state index contributed by atoms with van der Waals surface area (Å²) < 4.78 is 0. The number of carboxylic acid groups (broad SMARTS) is 1. The number of allylic oxidation sites excluding steroid dienone is 3. The molecular formula is C30H35NO2. The van der Waals surface area contributed by atoms with E-state index in [1.165, 1.54) is 36.5 Å². The van der Waals surface area contributed by atoms with Crippen LogP contribution >= 0.6 is 0 Å². The molecule has 0 saturated heterocycles. The lowest BCUT2D eigenvalue weighted by Gasteiger charge is -2.43. The van der Waals surface area contributed by atoms with E-state index in [0.717, 1.165) is 23.3 Å². The van der Waals surface area contributed by atoms with Crippen LogP contribution in [0.4, 0.5) is 0 Å². The minimum absolute atomic E-state index is 0.224. The Morgan fingerprint density at radius 2 is 1.73 bits per heavy atom. The zero-order valence-electron chi connectivity index (χ0n) is 20.7. The fourth-order valence-electron chi connectivity index (χ4n) is 6.39. The van der Waals surface area contributed by atoms with Gasteiger partial charge in [-0.1, -0.05) is 52.0 Å². The second kappa shape index (κ2) is 7.16. The van der Waals surface area contributed by atoms with E-state index in [1.807, 2.05) is 19.2 Å². The molecule has 0 radical (unpaired) electrons. The fraction of sp³-hybridized carbons (Fsp3) is 0.467. The number of fused-ring (bicyclic) bond motifs is 2. The number of hydrogen-bond donors (Lipinski definition) is 1. The van der Waals surface area contributed by atoms with Crippen molar-refractivity contribution in [2.45, 2.75) is 83.5 Å². The number of pyridine rings is 1. The summed E-state index contributed by atoms with van der Waals surface area (Å²) in [7, 11) is 0. The maximum absolute atomic E-state index is 11.0. The van der Waals surface area contributed by atoms with Gasteiger partial charge in [0, 0.05) is 17.7 Å². The second-order valence-corrected chi connectivity index (χ2v) is 11.9. The minimum Gasteiger partial charge on any atom is -0.478 e. The van der Waals surface area contributed by atoms with Crippen LogP contribution < -0.4 is 0 Å². The van der Waals surface area contributed by atoms with Crippen LogP contribution in [0.5, 0.6) is 0 Å². The Bertz CT molecular complexity index is 1210. The third-order valence-electron chi connectivity index (χ3n) is 8.73. The monoisotopic (exact) mass is 441 g/mol. The highest BCUT2D eigenvalue weighted by Crippen LogP contribution is 2.67. The Balaban J connectivity index is 1.45. The van der Waals surface area contributed by atoms with Crippen molar-refractivity contribution in [1.82, 2.24) is 4.98 Å². The van der Waals surface area contributed by atoms with Crippen LogP contribution in [-0.2, 0) is 21.0 Å². The normalized spacial score (nSPS) is 26.9. The lowest BCUT2D eigenvalue weighted by molar-refractivity contribution is -0.131. The average molecular weight is 442 g/mol. The van der Waals surface area contributed by atoms with Gasteiger partial charge in [0.25, 0.3) is 0 Å². The molecule has 3 nitrogen and oxygen atoms in total. The first-order valence-electron chi connectivity index (χ1n) is 12.2. The molecule has 2 unspecified atom stereocenters. The molecule has 2 aromatic rings. The van der Waals surface area contributed by atoms with E-state index in [-0.39, 0.29) is 16.2 Å². The first-order chi connectivity index (χ1) is 15.4. The van der Waals surface area contributed by atoms with Crippen LogP contribution in [0.15, 0.2) is 42.6 Å². The number of benzene rings is 1. The number of carboxylic acids is 1. The first-order valence-corrected chi connectivity index (χ1v) is 12.2. The summed E-state index contributed by atoms with van der Waals surface area (Å²) >= 11 is 0. The Morgan fingerprint density at radius 1 is 1.06 bits per heavy atom. The number of aliphatic carboxylic acids is 1. The Kier molecular flexibility index (Phi) is 4.80. The topological polar surface area (TPSA) is 50.2 Å². The molecule has 1 aromatic heterocycles. The number of aryl methyl sites for hydroxylation is 1. The van der Waals surface area contributed by atoms with E-state index in [0.29, 0.717) is 5.92 Å². The zero-order valence-corrected chi connectivity index (χ0v) is 20.7. The Hall–Kier alpha value is -2.68. The number of carbonyl (C=O) groups is 1. The highest BCUT2D eigenvalue weighted by Gasteiger charge is 2.60. The van der Waals surface area contributed by atoms with Crippen LogP contribution in [0.2, 0.25) is 0 Å². The van der Waals surface area contributed by atoms with E-state index in [9.17, 15) is 4.79 Å². The van der Waals surface area contributed by atoms with E-state index >= 15 is 0 Å². The van der Waals surface area contributed by atoms with Crippen molar-refractivity contribution < 1.29 is 9.90 Å². The van der Waals surface area contributed by atoms with Gasteiger partial charge in [0.15, 0.2) is 0 Å². The van der Waals surface area contributed by atoms with Gasteiger partial charge in [0.2, 0.25) is 0 Å². The highest BCUT2D eigenvalue weighted by molar-refractivity contribution is 5.89. The lowest BCUT2D eigenvalue weighted by Crippen LogP contribution is -2.34. The van der Waals surface area contributed by atoms with E-state index in [2.05, 4.69) is 58.9 Å². The quantitative estimate of drug-likeness (QED) is 0.521. The molecule has 0 amide bonds. The van der Waals surface area contributed by atoms with Crippen molar-refractivity contribution in [3.05, 3.63) is 76.1 Å². The van der Waals surface area contributed by atoms with Crippen molar-refractivity contribution in [3.63, 3.8) is 0 Å². The molecule has 1 heterocycles. The van der Waals surface area contributed by atoms with Gasteiger partial charge in [0.1, 0.15) is 0 Å². The van der Waals surface area contributed by atoms with Gasteiger partial charge in [0.05, 0.1) is 5.69 Å². The van der Waals surface area contributed by atoms with Gasteiger partial charge < -0.3 is 5.11 Å². The van der Waals surface area contributed by atoms with E-state index in [4.69, 9.17) is 10.1 Å². The molecule has 2 atom stereocenters. The zero-order chi connectivity index (χ0) is 23.8. The summed E-state index contributed by atoms with van der Waals surface area (Å²) in [6.07, 6.45) is 10.2. The van der Waals surface area contributed by atoms with Crippen LogP contribution in [0.3, 0.4) is 0 Å². The summed E-state index contributed by atoms with van der Waals surface area (Å²) in [5.74, 6) is -0.396. The van der Waals surface area contributed by atoms with E-state index < -0.39 is 5.97 Å². The maximum atomic E-state index is 11.0. The predicted octanol–water partition coefficient (Wildman–Crippen LogP) is 6.97. The molecule has 1 N–H and O–H groups in total.